The Morgan fingerprint density at radius 1 is 1.00 bits per heavy atom. The van der Waals surface area contributed by atoms with Crippen molar-refractivity contribution in [3.8, 4) is 11.5 Å². The average molecular weight is 381 g/mol. The van der Waals surface area contributed by atoms with Crippen molar-refractivity contribution in [3.63, 3.8) is 0 Å². The summed E-state index contributed by atoms with van der Waals surface area (Å²) in [7, 11) is 2.91. The standard InChI is InChI=1S/C17H23N3O7/c1-10(21)18-8-15(22)19-9-16(23)20-12(7-17(24)25)11-4-5-13(26-2)14(6-11)27-3/h4-6,12H,7-9H2,1-3H3,(H,18,21)(H,19,22)(H,20,23)(H,24,25). The van der Waals surface area contributed by atoms with E-state index in [2.05, 4.69) is 16.0 Å². The first-order chi connectivity index (χ1) is 12.8. The minimum absolute atomic E-state index is 0.253. The summed E-state index contributed by atoms with van der Waals surface area (Å²) in [5.74, 6) is -1.74. The third-order valence-corrected chi connectivity index (χ3v) is 3.47. The molecule has 1 aromatic rings. The molecule has 0 saturated carbocycles. The molecule has 0 spiro atoms. The predicted octanol–water partition coefficient (Wildman–Crippen LogP) is -0.412. The molecule has 0 radical (unpaired) electrons. The number of carbonyl (C=O) groups excluding carboxylic acids is 3. The first-order valence-electron chi connectivity index (χ1n) is 8.01. The highest BCUT2D eigenvalue weighted by Crippen LogP contribution is 2.30. The lowest BCUT2D eigenvalue weighted by Gasteiger charge is -2.19. The maximum Gasteiger partial charge on any atom is 0.305 e. The fraction of sp³-hybridized carbons (Fsp3) is 0.412. The van der Waals surface area contributed by atoms with Crippen LogP contribution in [0.3, 0.4) is 0 Å². The van der Waals surface area contributed by atoms with Gasteiger partial charge in [-0.2, -0.15) is 0 Å². The molecular formula is C17H23N3O7. The minimum Gasteiger partial charge on any atom is -0.493 e. The number of carboxylic acids is 1. The van der Waals surface area contributed by atoms with Crippen LogP contribution in [0.4, 0.5) is 0 Å². The molecule has 0 heterocycles. The number of nitrogens with one attached hydrogen (secondary N) is 3. The molecule has 1 unspecified atom stereocenters. The summed E-state index contributed by atoms with van der Waals surface area (Å²) in [5, 5.41) is 16.3. The average Bonchev–Trinajstić information content (AvgIpc) is 2.63. The van der Waals surface area contributed by atoms with Crippen molar-refractivity contribution in [1.29, 1.82) is 0 Å². The van der Waals surface area contributed by atoms with Gasteiger partial charge in [0.05, 0.1) is 39.8 Å². The Labute approximate surface area is 156 Å². The van der Waals surface area contributed by atoms with Crippen molar-refractivity contribution in [3.05, 3.63) is 23.8 Å². The van der Waals surface area contributed by atoms with Crippen molar-refractivity contribution < 1.29 is 33.8 Å². The number of rotatable bonds is 10. The van der Waals surface area contributed by atoms with Gasteiger partial charge in [0.25, 0.3) is 0 Å². The third-order valence-electron chi connectivity index (χ3n) is 3.47. The first kappa shape index (κ1) is 21.7. The maximum absolute atomic E-state index is 12.1. The van der Waals surface area contributed by atoms with Crippen LogP contribution in [0.2, 0.25) is 0 Å². The maximum atomic E-state index is 12.1. The molecule has 3 amide bonds. The zero-order valence-corrected chi connectivity index (χ0v) is 15.3. The number of benzene rings is 1. The summed E-state index contributed by atoms with van der Waals surface area (Å²) >= 11 is 0. The Bertz CT molecular complexity index is 706. The summed E-state index contributed by atoms with van der Waals surface area (Å²) in [6, 6.07) is 3.96. The molecule has 0 aliphatic rings. The molecule has 27 heavy (non-hydrogen) atoms. The molecule has 148 valence electrons. The van der Waals surface area contributed by atoms with E-state index in [0.29, 0.717) is 17.1 Å². The molecule has 0 bridgehead atoms. The van der Waals surface area contributed by atoms with Gasteiger partial charge < -0.3 is 30.5 Å². The molecule has 1 rings (SSSR count). The summed E-state index contributed by atoms with van der Waals surface area (Å²) < 4.78 is 10.3. The van der Waals surface area contributed by atoms with Crippen LogP contribution in [0, 0.1) is 0 Å². The largest absolute Gasteiger partial charge is 0.493 e. The van der Waals surface area contributed by atoms with Crippen LogP contribution in [0.1, 0.15) is 24.9 Å². The van der Waals surface area contributed by atoms with E-state index in [9.17, 15) is 19.2 Å². The number of methoxy groups -OCH3 is 2. The topological polar surface area (TPSA) is 143 Å². The van der Waals surface area contributed by atoms with Crippen molar-refractivity contribution in [2.75, 3.05) is 27.3 Å². The van der Waals surface area contributed by atoms with Crippen LogP contribution >= 0.6 is 0 Å². The van der Waals surface area contributed by atoms with E-state index in [0.717, 1.165) is 0 Å². The Morgan fingerprint density at radius 3 is 2.19 bits per heavy atom. The Hall–Kier alpha value is -3.30. The number of carboxylic acid groups (broad SMARTS) is 1. The van der Waals surface area contributed by atoms with E-state index in [1.54, 1.807) is 18.2 Å². The fourth-order valence-electron chi connectivity index (χ4n) is 2.19. The van der Waals surface area contributed by atoms with Gasteiger partial charge in [-0.1, -0.05) is 6.07 Å². The van der Waals surface area contributed by atoms with E-state index in [1.807, 2.05) is 0 Å². The number of hydrogen-bond donors (Lipinski definition) is 4. The molecule has 1 atom stereocenters. The van der Waals surface area contributed by atoms with Crippen molar-refractivity contribution in [2.24, 2.45) is 0 Å². The number of amides is 3. The normalized spacial score (nSPS) is 11.1. The molecule has 1 aromatic carbocycles. The van der Waals surface area contributed by atoms with E-state index < -0.39 is 23.8 Å². The van der Waals surface area contributed by atoms with Crippen LogP contribution in [0.5, 0.6) is 11.5 Å². The highest BCUT2D eigenvalue weighted by atomic mass is 16.5. The van der Waals surface area contributed by atoms with Crippen LogP contribution in [-0.4, -0.2) is 56.1 Å². The second-order valence-electron chi connectivity index (χ2n) is 5.52. The molecule has 10 nitrogen and oxygen atoms in total. The first-order valence-corrected chi connectivity index (χ1v) is 8.01. The minimum atomic E-state index is -1.11. The van der Waals surface area contributed by atoms with E-state index in [-0.39, 0.29) is 25.4 Å². The molecule has 0 aliphatic heterocycles. The van der Waals surface area contributed by atoms with Crippen LogP contribution in [0.15, 0.2) is 18.2 Å². The third kappa shape index (κ3) is 7.63. The van der Waals surface area contributed by atoms with E-state index >= 15 is 0 Å². The van der Waals surface area contributed by atoms with Gasteiger partial charge in [-0.15, -0.1) is 0 Å². The number of ether oxygens (including phenoxy) is 2. The monoisotopic (exact) mass is 381 g/mol. The van der Waals surface area contributed by atoms with Gasteiger partial charge in [0.15, 0.2) is 11.5 Å². The molecule has 0 saturated heterocycles. The van der Waals surface area contributed by atoms with Crippen LogP contribution < -0.4 is 25.4 Å². The highest BCUT2D eigenvalue weighted by molar-refractivity contribution is 5.88. The van der Waals surface area contributed by atoms with Crippen LogP contribution in [-0.2, 0) is 19.2 Å². The van der Waals surface area contributed by atoms with Crippen molar-refractivity contribution in [1.82, 2.24) is 16.0 Å². The Morgan fingerprint density at radius 2 is 1.63 bits per heavy atom. The van der Waals surface area contributed by atoms with Gasteiger partial charge in [0.2, 0.25) is 17.7 Å². The van der Waals surface area contributed by atoms with E-state index in [1.165, 1.54) is 21.1 Å². The zero-order chi connectivity index (χ0) is 20.4. The number of aliphatic carboxylic acids is 1. The van der Waals surface area contributed by atoms with Gasteiger partial charge >= 0.3 is 5.97 Å². The van der Waals surface area contributed by atoms with Crippen LogP contribution in [0.25, 0.3) is 0 Å². The SMILES string of the molecule is COc1ccc(C(CC(=O)O)NC(=O)CNC(=O)CNC(C)=O)cc1OC. The molecular weight excluding hydrogens is 358 g/mol. The summed E-state index contributed by atoms with van der Waals surface area (Å²) in [6.45, 7) is 0.651. The Balaban J connectivity index is 2.77. The summed E-state index contributed by atoms with van der Waals surface area (Å²) in [5.41, 5.74) is 0.507. The van der Waals surface area contributed by atoms with Gasteiger partial charge in [0.1, 0.15) is 0 Å². The molecule has 10 heteroatoms. The second kappa shape index (κ2) is 10.6. The lowest BCUT2D eigenvalue weighted by Crippen LogP contribution is -2.42. The van der Waals surface area contributed by atoms with Gasteiger partial charge in [-0.25, -0.2) is 0 Å². The lowest BCUT2D eigenvalue weighted by molar-refractivity contribution is -0.138. The Kier molecular flexibility index (Phi) is 8.57. The smallest absolute Gasteiger partial charge is 0.305 e. The zero-order valence-electron chi connectivity index (χ0n) is 15.3. The lowest BCUT2D eigenvalue weighted by atomic mass is 10.0. The van der Waals surface area contributed by atoms with Gasteiger partial charge in [0, 0.05) is 6.92 Å². The fourth-order valence-corrected chi connectivity index (χ4v) is 2.19. The van der Waals surface area contributed by atoms with Crippen molar-refractivity contribution in [2.45, 2.75) is 19.4 Å². The van der Waals surface area contributed by atoms with E-state index in [4.69, 9.17) is 14.6 Å². The quantitative estimate of drug-likeness (QED) is 0.431. The summed E-state index contributed by atoms with van der Waals surface area (Å²) in [6.07, 6.45) is -0.360. The van der Waals surface area contributed by atoms with Gasteiger partial charge in [-0.05, 0) is 17.7 Å². The molecule has 0 fully saturated rings. The highest BCUT2D eigenvalue weighted by Gasteiger charge is 2.20. The molecule has 0 aliphatic carbocycles. The van der Waals surface area contributed by atoms with Gasteiger partial charge in [-0.3, -0.25) is 19.2 Å². The number of carbonyl (C=O) groups is 4. The number of hydrogen-bond acceptors (Lipinski definition) is 6. The van der Waals surface area contributed by atoms with Crippen molar-refractivity contribution >= 4 is 23.7 Å². The second-order valence-corrected chi connectivity index (χ2v) is 5.52. The predicted molar refractivity (Wildman–Crippen MR) is 94.4 cm³/mol. The molecule has 4 N–H and O–H groups in total. The summed E-state index contributed by atoms with van der Waals surface area (Å²) in [4.78, 5) is 45.5. The molecule has 0 aromatic heterocycles.